The van der Waals surface area contributed by atoms with Gasteiger partial charge in [0.1, 0.15) is 5.82 Å². The van der Waals surface area contributed by atoms with Crippen molar-refractivity contribution in [3.63, 3.8) is 0 Å². The molecule has 5 nitrogen and oxygen atoms in total. The Morgan fingerprint density at radius 2 is 1.79 bits per heavy atom. The van der Waals surface area contributed by atoms with Crippen molar-refractivity contribution in [2.75, 3.05) is 5.32 Å². The lowest BCUT2D eigenvalue weighted by Crippen LogP contribution is -2.48. The second-order valence-corrected chi connectivity index (χ2v) is 11.2. The summed E-state index contributed by atoms with van der Waals surface area (Å²) in [6.07, 6.45) is 8.32. The number of carbonyl (C=O) groups is 1. The van der Waals surface area contributed by atoms with Gasteiger partial charge in [0.15, 0.2) is 5.11 Å². The number of rotatable bonds is 4. The van der Waals surface area contributed by atoms with E-state index >= 15 is 0 Å². The van der Waals surface area contributed by atoms with Gasteiger partial charge in [-0.2, -0.15) is 0 Å². The minimum Gasteiger partial charge on any atom is -0.338 e. The summed E-state index contributed by atoms with van der Waals surface area (Å²) in [5.74, 6) is 3.25. The molecule has 170 valence electrons. The van der Waals surface area contributed by atoms with Crippen LogP contribution in [0.2, 0.25) is 5.02 Å². The van der Waals surface area contributed by atoms with Gasteiger partial charge in [-0.05, 0) is 104 Å². The number of halogens is 1. The maximum Gasteiger partial charge on any atom is 0.226 e. The van der Waals surface area contributed by atoms with Crippen LogP contribution in [0.25, 0.3) is 22.4 Å². The molecule has 0 spiro atoms. The molecule has 0 unspecified atom stereocenters. The lowest BCUT2D eigenvalue weighted by atomic mass is 9.49. The molecule has 33 heavy (non-hydrogen) atoms. The average Bonchev–Trinajstić information content (AvgIpc) is 3.18. The van der Waals surface area contributed by atoms with Crippen molar-refractivity contribution in [3.05, 3.63) is 47.5 Å². The Labute approximate surface area is 203 Å². The number of para-hydroxylation sites is 2. The fourth-order valence-corrected chi connectivity index (χ4v) is 7.42. The number of nitrogens with zero attached hydrogens (tertiary/aromatic N) is 1. The van der Waals surface area contributed by atoms with Crippen LogP contribution in [0.5, 0.6) is 0 Å². The number of thiocarbonyl (C=S) groups is 1. The third-order valence-corrected chi connectivity index (χ3v) is 8.36. The number of anilines is 1. The molecule has 3 aromatic rings. The number of fused-ring (bicyclic) bond motifs is 1. The lowest BCUT2D eigenvalue weighted by Gasteiger charge is -2.56. The smallest absolute Gasteiger partial charge is 0.226 e. The van der Waals surface area contributed by atoms with Gasteiger partial charge in [0, 0.05) is 12.0 Å². The van der Waals surface area contributed by atoms with Gasteiger partial charge < -0.3 is 15.6 Å². The summed E-state index contributed by atoms with van der Waals surface area (Å²) < 4.78 is 0. The van der Waals surface area contributed by atoms with Crippen molar-refractivity contribution >= 4 is 51.6 Å². The second-order valence-electron chi connectivity index (χ2n) is 10.4. The Morgan fingerprint density at radius 3 is 2.48 bits per heavy atom. The number of amides is 1. The van der Waals surface area contributed by atoms with E-state index in [1.54, 1.807) is 0 Å². The molecule has 0 aliphatic heterocycles. The Morgan fingerprint density at radius 1 is 1.09 bits per heavy atom. The first kappa shape index (κ1) is 21.1. The van der Waals surface area contributed by atoms with Crippen molar-refractivity contribution in [2.45, 2.75) is 44.9 Å². The molecule has 2 aromatic carbocycles. The van der Waals surface area contributed by atoms with Gasteiger partial charge in [0.05, 0.1) is 21.7 Å². The monoisotopic (exact) mass is 478 g/mol. The summed E-state index contributed by atoms with van der Waals surface area (Å²) in [5, 5.41) is 6.85. The fraction of sp³-hybridized carbons (Fsp3) is 0.423. The topological polar surface area (TPSA) is 69.8 Å². The maximum absolute atomic E-state index is 12.9. The van der Waals surface area contributed by atoms with Crippen LogP contribution in [0.4, 0.5) is 5.69 Å². The molecule has 1 amide bonds. The number of hydrogen-bond acceptors (Lipinski definition) is 3. The van der Waals surface area contributed by atoms with E-state index in [0.29, 0.717) is 17.1 Å². The predicted octanol–water partition coefficient (Wildman–Crippen LogP) is 6.30. The molecule has 0 saturated heterocycles. The van der Waals surface area contributed by atoms with Gasteiger partial charge in [-0.15, -0.1) is 0 Å². The van der Waals surface area contributed by atoms with Crippen LogP contribution in [-0.2, 0) is 4.79 Å². The Bertz CT molecular complexity index is 1180. The van der Waals surface area contributed by atoms with E-state index < -0.39 is 0 Å². The highest BCUT2D eigenvalue weighted by Gasteiger charge is 2.51. The summed E-state index contributed by atoms with van der Waals surface area (Å²) >= 11 is 11.9. The number of nitrogens with one attached hydrogen (secondary N) is 3. The molecule has 7 rings (SSSR count). The first-order valence-electron chi connectivity index (χ1n) is 11.8. The van der Waals surface area contributed by atoms with Gasteiger partial charge in [0.2, 0.25) is 5.91 Å². The van der Waals surface area contributed by atoms with Crippen molar-refractivity contribution in [2.24, 2.45) is 23.2 Å². The molecule has 1 aromatic heterocycles. The predicted molar refractivity (Wildman–Crippen MR) is 136 cm³/mol. The fourth-order valence-electron chi connectivity index (χ4n) is 7.03. The normalized spacial score (nSPS) is 27.6. The van der Waals surface area contributed by atoms with E-state index in [1.165, 1.54) is 38.5 Å². The van der Waals surface area contributed by atoms with Crippen LogP contribution in [0, 0.1) is 23.2 Å². The highest BCUT2D eigenvalue weighted by molar-refractivity contribution is 7.80. The number of aromatic nitrogens is 2. The van der Waals surface area contributed by atoms with Gasteiger partial charge in [-0.25, -0.2) is 4.98 Å². The molecule has 4 aliphatic carbocycles. The summed E-state index contributed by atoms with van der Waals surface area (Å²) in [5.41, 5.74) is 3.61. The van der Waals surface area contributed by atoms with Crippen LogP contribution >= 0.6 is 23.8 Å². The molecule has 0 radical (unpaired) electrons. The molecule has 4 aliphatic rings. The number of hydrogen-bond donors (Lipinski definition) is 3. The number of aromatic amines is 1. The van der Waals surface area contributed by atoms with E-state index in [4.69, 9.17) is 23.8 Å². The molecule has 4 fully saturated rings. The largest absolute Gasteiger partial charge is 0.338 e. The highest BCUT2D eigenvalue weighted by Crippen LogP contribution is 2.61. The molecule has 3 N–H and O–H groups in total. The summed E-state index contributed by atoms with van der Waals surface area (Å²) in [7, 11) is 0. The average molecular weight is 479 g/mol. The third kappa shape index (κ3) is 4.15. The first-order valence-corrected chi connectivity index (χ1v) is 12.6. The highest BCUT2D eigenvalue weighted by atomic mass is 35.5. The van der Waals surface area contributed by atoms with E-state index in [2.05, 4.69) is 20.6 Å². The molecule has 7 heteroatoms. The Kier molecular flexibility index (Phi) is 5.18. The zero-order valence-electron chi connectivity index (χ0n) is 18.4. The standard InChI is InChI=1S/C26H27ClN4OS/c27-19-6-5-18(24-28-20-3-1-2-4-21(20)29-24)10-22(19)30-25(33)31-23(32)14-26-11-15-7-16(12-26)9-17(8-15)13-26/h1-6,10,15-17H,7-9,11-14H2,(H,28,29)(H2,30,31,32,33). The molecular weight excluding hydrogens is 452 g/mol. The zero-order chi connectivity index (χ0) is 22.6. The van der Waals surface area contributed by atoms with E-state index in [-0.39, 0.29) is 16.4 Å². The quantitative estimate of drug-likeness (QED) is 0.385. The van der Waals surface area contributed by atoms with Gasteiger partial charge >= 0.3 is 0 Å². The van der Waals surface area contributed by atoms with Crippen LogP contribution in [0.3, 0.4) is 0 Å². The van der Waals surface area contributed by atoms with Crippen molar-refractivity contribution in [1.82, 2.24) is 15.3 Å². The van der Waals surface area contributed by atoms with E-state index in [1.807, 2.05) is 42.5 Å². The van der Waals surface area contributed by atoms with Gasteiger partial charge in [0.25, 0.3) is 0 Å². The van der Waals surface area contributed by atoms with Crippen LogP contribution in [0.15, 0.2) is 42.5 Å². The van der Waals surface area contributed by atoms with Crippen LogP contribution in [-0.4, -0.2) is 21.0 Å². The Balaban J connectivity index is 1.13. The minimum absolute atomic E-state index is 0.0130. The summed E-state index contributed by atoms with van der Waals surface area (Å²) in [6.45, 7) is 0. The number of carbonyl (C=O) groups excluding carboxylic acids is 1. The molecular formula is C26H27ClN4OS. The molecule has 0 atom stereocenters. The minimum atomic E-state index is 0.0130. The van der Waals surface area contributed by atoms with Crippen molar-refractivity contribution in [3.8, 4) is 11.4 Å². The number of imidazole rings is 1. The number of H-pyrrole nitrogens is 1. The molecule has 4 bridgehead atoms. The third-order valence-electron chi connectivity index (χ3n) is 7.83. The Hall–Kier alpha value is -2.44. The molecule has 4 saturated carbocycles. The molecule has 1 heterocycles. The van der Waals surface area contributed by atoms with Crippen LogP contribution in [0.1, 0.15) is 44.9 Å². The SMILES string of the molecule is O=C(CC12CC3CC(CC(C3)C1)C2)NC(=S)Nc1cc(-c2nc3ccccc3[nH]2)ccc1Cl. The van der Waals surface area contributed by atoms with Gasteiger partial charge in [-0.1, -0.05) is 23.7 Å². The van der Waals surface area contributed by atoms with Crippen molar-refractivity contribution < 1.29 is 4.79 Å². The number of benzene rings is 2. The van der Waals surface area contributed by atoms with Crippen LogP contribution < -0.4 is 10.6 Å². The summed E-state index contributed by atoms with van der Waals surface area (Å²) in [4.78, 5) is 20.9. The van der Waals surface area contributed by atoms with Gasteiger partial charge in [-0.3, -0.25) is 4.79 Å². The maximum atomic E-state index is 12.9. The lowest BCUT2D eigenvalue weighted by molar-refractivity contribution is -0.127. The first-order chi connectivity index (χ1) is 15.9. The summed E-state index contributed by atoms with van der Waals surface area (Å²) in [6, 6.07) is 13.5. The zero-order valence-corrected chi connectivity index (χ0v) is 19.9. The van der Waals surface area contributed by atoms with E-state index in [0.717, 1.165) is 40.2 Å². The van der Waals surface area contributed by atoms with E-state index in [9.17, 15) is 4.79 Å². The van der Waals surface area contributed by atoms with Crippen molar-refractivity contribution in [1.29, 1.82) is 0 Å². The second kappa shape index (κ2) is 8.10.